The first-order valence-electron chi connectivity index (χ1n) is 12.0. The van der Waals surface area contributed by atoms with Crippen molar-refractivity contribution >= 4 is 0 Å². The number of benzene rings is 2. The number of aliphatic hydroxyl groups excluding tert-OH is 6. The van der Waals surface area contributed by atoms with Gasteiger partial charge in [0, 0.05) is 13.2 Å². The minimum absolute atomic E-state index is 0.0438. The van der Waals surface area contributed by atoms with Crippen LogP contribution in [-0.4, -0.2) is 100 Å². The predicted octanol–water partition coefficient (Wildman–Crippen LogP) is -0.410. The number of rotatable bonds is 12. The van der Waals surface area contributed by atoms with Crippen molar-refractivity contribution in [2.75, 3.05) is 34.0 Å². The lowest BCUT2D eigenvalue weighted by atomic mass is 9.83. The fourth-order valence-electron chi connectivity index (χ4n) is 4.45. The number of hydrogen-bond acceptors (Lipinski definition) is 11. The van der Waals surface area contributed by atoms with Gasteiger partial charge in [-0.15, -0.1) is 0 Å². The topological polar surface area (TPSA) is 179 Å². The highest BCUT2D eigenvalue weighted by atomic mass is 16.7. The van der Waals surface area contributed by atoms with Crippen LogP contribution in [0.1, 0.15) is 11.1 Å². The molecule has 1 aliphatic rings. The number of aromatic hydroxyl groups is 1. The van der Waals surface area contributed by atoms with Crippen molar-refractivity contribution in [1.29, 1.82) is 0 Å². The fraction of sp³-hybridized carbons (Fsp3) is 0.538. The van der Waals surface area contributed by atoms with Gasteiger partial charge in [0.25, 0.3) is 0 Å². The summed E-state index contributed by atoms with van der Waals surface area (Å²) < 4.78 is 21.4. The molecule has 206 valence electrons. The molecule has 7 atom stereocenters. The number of ether oxygens (including phenoxy) is 4. The second kappa shape index (κ2) is 13.2. The van der Waals surface area contributed by atoms with Crippen molar-refractivity contribution < 1.29 is 54.7 Å². The molecule has 37 heavy (non-hydrogen) atoms. The Hall–Kier alpha value is -2.64. The first kappa shape index (κ1) is 28.9. The van der Waals surface area contributed by atoms with E-state index in [2.05, 4.69) is 0 Å². The van der Waals surface area contributed by atoms with Gasteiger partial charge in [0.1, 0.15) is 24.4 Å². The van der Waals surface area contributed by atoms with Crippen LogP contribution in [0.2, 0.25) is 0 Å². The lowest BCUT2D eigenvalue weighted by Gasteiger charge is -2.39. The second-order valence-corrected chi connectivity index (χ2v) is 9.10. The highest BCUT2D eigenvalue weighted by Crippen LogP contribution is 2.33. The highest BCUT2D eigenvalue weighted by Gasteiger charge is 2.44. The lowest BCUT2D eigenvalue weighted by Crippen LogP contribution is -2.60. The maximum atomic E-state index is 10.5. The van der Waals surface area contributed by atoms with Gasteiger partial charge in [-0.3, -0.25) is 0 Å². The van der Waals surface area contributed by atoms with E-state index in [1.807, 2.05) is 12.1 Å². The van der Waals surface area contributed by atoms with Gasteiger partial charge in [-0.1, -0.05) is 12.1 Å². The van der Waals surface area contributed by atoms with Gasteiger partial charge in [0.2, 0.25) is 6.29 Å². The summed E-state index contributed by atoms with van der Waals surface area (Å²) in [6, 6.07) is 10.0. The third kappa shape index (κ3) is 6.82. The van der Waals surface area contributed by atoms with Crippen molar-refractivity contribution in [1.82, 2.24) is 0 Å². The van der Waals surface area contributed by atoms with Crippen molar-refractivity contribution in [3.05, 3.63) is 47.5 Å². The molecule has 1 saturated heterocycles. The van der Waals surface area contributed by atoms with E-state index in [4.69, 9.17) is 18.9 Å². The Kier molecular flexibility index (Phi) is 10.4. The van der Waals surface area contributed by atoms with Crippen LogP contribution in [0.5, 0.6) is 23.0 Å². The molecular formula is C26H36O11. The SMILES string of the molecule is COc1ccc(C[C@@H](CO)[C@H](CO)Cc2ccc(O[C@@H]3O[C@H](CO)[C@@H](O)[C@H](O)[C@H]3O)c(O)c2)cc1OC. The van der Waals surface area contributed by atoms with E-state index in [9.17, 15) is 35.7 Å². The maximum Gasteiger partial charge on any atom is 0.229 e. The molecule has 1 fully saturated rings. The molecule has 0 amide bonds. The number of phenolic OH excluding ortho intramolecular Hbond substituents is 1. The molecule has 3 rings (SSSR count). The van der Waals surface area contributed by atoms with Crippen molar-refractivity contribution in [3.63, 3.8) is 0 Å². The molecule has 7 N–H and O–H groups in total. The van der Waals surface area contributed by atoms with E-state index < -0.39 is 37.3 Å². The van der Waals surface area contributed by atoms with E-state index in [0.717, 1.165) is 5.56 Å². The second-order valence-electron chi connectivity index (χ2n) is 9.10. The Bertz CT molecular complexity index is 998. The average molecular weight is 525 g/mol. The first-order valence-corrected chi connectivity index (χ1v) is 12.0. The van der Waals surface area contributed by atoms with Gasteiger partial charge < -0.3 is 54.7 Å². The lowest BCUT2D eigenvalue weighted by molar-refractivity contribution is -0.277. The summed E-state index contributed by atoms with van der Waals surface area (Å²) >= 11 is 0. The van der Waals surface area contributed by atoms with E-state index in [0.29, 0.717) is 29.9 Å². The molecule has 0 unspecified atom stereocenters. The summed E-state index contributed by atoms with van der Waals surface area (Å²) in [5.74, 6) is 0.235. The van der Waals surface area contributed by atoms with Gasteiger partial charge in [0.15, 0.2) is 23.0 Å². The number of hydrogen-bond donors (Lipinski definition) is 7. The zero-order valence-corrected chi connectivity index (χ0v) is 20.8. The number of aliphatic hydroxyl groups is 6. The quantitative estimate of drug-likeness (QED) is 0.192. The van der Waals surface area contributed by atoms with Crippen LogP contribution in [0, 0.1) is 11.8 Å². The molecule has 0 radical (unpaired) electrons. The van der Waals surface area contributed by atoms with Crippen molar-refractivity contribution in [2.24, 2.45) is 11.8 Å². The van der Waals surface area contributed by atoms with Crippen LogP contribution in [-0.2, 0) is 17.6 Å². The van der Waals surface area contributed by atoms with Crippen LogP contribution in [0.3, 0.4) is 0 Å². The standard InChI is InChI=1S/C26H36O11/c1-34-20-6-4-15(10-21(20)35-2)8-17(12-28)16(11-27)7-14-3-5-19(18(30)9-14)36-26-25(33)24(32)23(31)22(13-29)37-26/h3-6,9-10,16-17,22-33H,7-8,11-13H2,1-2H3/t16-,17-,22+,23+,24-,25+,26+/m0/s1. The summed E-state index contributed by atoms with van der Waals surface area (Å²) in [7, 11) is 3.09. The molecule has 1 heterocycles. The van der Waals surface area contributed by atoms with E-state index in [1.54, 1.807) is 26.4 Å². The van der Waals surface area contributed by atoms with Crippen LogP contribution in [0.25, 0.3) is 0 Å². The Morgan fingerprint density at radius 1 is 0.757 bits per heavy atom. The van der Waals surface area contributed by atoms with Crippen LogP contribution >= 0.6 is 0 Å². The average Bonchev–Trinajstić information content (AvgIpc) is 2.91. The van der Waals surface area contributed by atoms with Gasteiger partial charge >= 0.3 is 0 Å². The van der Waals surface area contributed by atoms with Gasteiger partial charge in [-0.2, -0.15) is 0 Å². The first-order chi connectivity index (χ1) is 17.8. The number of methoxy groups -OCH3 is 2. The third-order valence-corrected chi connectivity index (χ3v) is 6.69. The molecule has 11 nitrogen and oxygen atoms in total. The zero-order chi connectivity index (χ0) is 27.1. The fourth-order valence-corrected chi connectivity index (χ4v) is 4.45. The summed E-state index contributed by atoms with van der Waals surface area (Å²) in [4.78, 5) is 0. The van der Waals surface area contributed by atoms with Crippen molar-refractivity contribution in [3.8, 4) is 23.0 Å². The zero-order valence-electron chi connectivity index (χ0n) is 20.8. The third-order valence-electron chi connectivity index (χ3n) is 6.69. The summed E-state index contributed by atoms with van der Waals surface area (Å²) in [6.07, 6.45) is -6.49. The largest absolute Gasteiger partial charge is 0.504 e. The van der Waals surface area contributed by atoms with E-state index in [-0.39, 0.29) is 36.5 Å². The molecule has 0 aromatic heterocycles. The van der Waals surface area contributed by atoms with Gasteiger partial charge in [-0.05, 0) is 60.1 Å². The summed E-state index contributed by atoms with van der Waals surface area (Å²) in [5.41, 5.74) is 1.57. The number of phenols is 1. The molecule has 0 spiro atoms. The highest BCUT2D eigenvalue weighted by molar-refractivity contribution is 5.43. The van der Waals surface area contributed by atoms with Crippen LogP contribution in [0.15, 0.2) is 36.4 Å². The monoisotopic (exact) mass is 524 g/mol. The molecule has 0 bridgehead atoms. The summed E-state index contributed by atoms with van der Waals surface area (Å²) in [5, 5.41) is 69.9. The molecule has 0 aliphatic carbocycles. The minimum atomic E-state index is -1.61. The molecule has 1 aliphatic heterocycles. The maximum absolute atomic E-state index is 10.5. The molecule has 0 saturated carbocycles. The molecule has 11 heteroatoms. The minimum Gasteiger partial charge on any atom is -0.504 e. The Morgan fingerprint density at radius 2 is 1.32 bits per heavy atom. The van der Waals surface area contributed by atoms with Crippen molar-refractivity contribution in [2.45, 2.75) is 43.5 Å². The normalized spacial score (nSPS) is 25.4. The van der Waals surface area contributed by atoms with Gasteiger partial charge in [0.05, 0.1) is 20.8 Å². The molecular weight excluding hydrogens is 488 g/mol. The molecule has 2 aromatic rings. The van der Waals surface area contributed by atoms with Gasteiger partial charge in [-0.25, -0.2) is 0 Å². The summed E-state index contributed by atoms with van der Waals surface area (Å²) in [6.45, 7) is -0.958. The van der Waals surface area contributed by atoms with E-state index >= 15 is 0 Å². The van der Waals surface area contributed by atoms with Crippen LogP contribution < -0.4 is 14.2 Å². The van der Waals surface area contributed by atoms with Crippen LogP contribution in [0.4, 0.5) is 0 Å². The molecule has 2 aromatic carbocycles. The van der Waals surface area contributed by atoms with E-state index in [1.165, 1.54) is 12.1 Å². The Balaban J connectivity index is 1.69. The smallest absolute Gasteiger partial charge is 0.229 e. The Labute approximate surface area is 215 Å². The Morgan fingerprint density at radius 3 is 1.84 bits per heavy atom. The predicted molar refractivity (Wildman–Crippen MR) is 131 cm³/mol.